The molecule has 4 heteroatoms. The lowest BCUT2D eigenvalue weighted by Gasteiger charge is -2.24. The van der Waals surface area contributed by atoms with Crippen LogP contribution in [0.5, 0.6) is 0 Å². The molecule has 0 aliphatic rings. The average Bonchev–Trinajstić information content (AvgIpc) is 2.38. The predicted molar refractivity (Wildman–Crippen MR) is 89.3 cm³/mol. The molecule has 0 saturated heterocycles. The molecule has 0 amide bonds. The Morgan fingerprint density at radius 2 is 1.84 bits per heavy atom. The molecule has 0 aromatic heterocycles. The number of halogens is 1. The number of aryl methyl sites for hydroxylation is 1. The standard InChI is InChI=1S/C15H15BrN2S/c1-10-5-3-4-6-13(10)18(2)14-9-11(16)7-8-12(14)15(17)19/h3-9H,1-2H3,(H2,17,19). The molecular weight excluding hydrogens is 320 g/mol. The van der Waals surface area contributed by atoms with Crippen molar-refractivity contribution in [2.45, 2.75) is 6.92 Å². The highest BCUT2D eigenvalue weighted by Gasteiger charge is 2.13. The summed E-state index contributed by atoms with van der Waals surface area (Å²) >= 11 is 8.62. The number of benzene rings is 2. The largest absolute Gasteiger partial charge is 0.389 e. The van der Waals surface area contributed by atoms with E-state index in [-0.39, 0.29) is 0 Å². The van der Waals surface area contributed by atoms with Gasteiger partial charge in [0.15, 0.2) is 0 Å². The van der Waals surface area contributed by atoms with Crippen LogP contribution >= 0.6 is 28.1 Å². The Morgan fingerprint density at radius 3 is 2.47 bits per heavy atom. The van der Waals surface area contributed by atoms with E-state index in [1.165, 1.54) is 5.56 Å². The van der Waals surface area contributed by atoms with Gasteiger partial charge in [-0.05, 0) is 36.8 Å². The molecule has 2 nitrogen and oxygen atoms in total. The minimum Gasteiger partial charge on any atom is -0.389 e. The second-order valence-corrected chi connectivity index (χ2v) is 5.73. The molecule has 0 heterocycles. The van der Waals surface area contributed by atoms with Crippen molar-refractivity contribution in [3.63, 3.8) is 0 Å². The zero-order valence-corrected chi connectivity index (χ0v) is 13.3. The van der Waals surface area contributed by atoms with Gasteiger partial charge in [0.05, 0.1) is 5.69 Å². The van der Waals surface area contributed by atoms with E-state index in [2.05, 4.69) is 39.9 Å². The molecule has 0 fully saturated rings. The number of hydrogen-bond donors (Lipinski definition) is 1. The molecule has 2 aromatic carbocycles. The molecule has 2 rings (SSSR count). The van der Waals surface area contributed by atoms with Gasteiger partial charge in [-0.1, -0.05) is 46.3 Å². The van der Waals surface area contributed by atoms with Gasteiger partial charge in [0.1, 0.15) is 4.99 Å². The number of rotatable bonds is 3. The van der Waals surface area contributed by atoms with Crippen molar-refractivity contribution in [3.05, 3.63) is 58.1 Å². The van der Waals surface area contributed by atoms with Gasteiger partial charge in [-0.2, -0.15) is 0 Å². The lowest BCUT2D eigenvalue weighted by molar-refractivity contribution is 1.18. The summed E-state index contributed by atoms with van der Waals surface area (Å²) in [5.74, 6) is 0. The highest BCUT2D eigenvalue weighted by atomic mass is 79.9. The topological polar surface area (TPSA) is 29.3 Å². The lowest BCUT2D eigenvalue weighted by atomic mass is 10.1. The zero-order chi connectivity index (χ0) is 14.0. The predicted octanol–water partition coefficient (Wildman–Crippen LogP) is 4.16. The molecule has 0 saturated carbocycles. The van der Waals surface area contributed by atoms with Gasteiger partial charge in [-0.15, -0.1) is 0 Å². The van der Waals surface area contributed by atoms with Crippen LogP contribution in [0, 0.1) is 6.92 Å². The number of thiocarbonyl (C=S) groups is 1. The molecule has 0 radical (unpaired) electrons. The first kappa shape index (κ1) is 14.0. The second kappa shape index (κ2) is 5.72. The first-order chi connectivity index (χ1) is 9.00. The van der Waals surface area contributed by atoms with Gasteiger partial charge < -0.3 is 10.6 Å². The SMILES string of the molecule is Cc1ccccc1N(C)c1cc(Br)ccc1C(N)=S. The van der Waals surface area contributed by atoms with Crippen LogP contribution in [-0.4, -0.2) is 12.0 Å². The maximum absolute atomic E-state index is 5.81. The van der Waals surface area contributed by atoms with E-state index < -0.39 is 0 Å². The Balaban J connectivity index is 2.55. The van der Waals surface area contributed by atoms with Gasteiger partial charge >= 0.3 is 0 Å². The zero-order valence-electron chi connectivity index (χ0n) is 10.9. The van der Waals surface area contributed by atoms with E-state index in [0.29, 0.717) is 4.99 Å². The van der Waals surface area contributed by atoms with Crippen molar-refractivity contribution in [2.75, 3.05) is 11.9 Å². The molecule has 98 valence electrons. The number of nitrogens with zero attached hydrogens (tertiary/aromatic N) is 1. The molecule has 0 unspecified atom stereocenters. The van der Waals surface area contributed by atoms with Crippen molar-refractivity contribution in [1.29, 1.82) is 0 Å². The van der Waals surface area contributed by atoms with Crippen LogP contribution in [0.4, 0.5) is 11.4 Å². The van der Waals surface area contributed by atoms with E-state index in [1.54, 1.807) is 0 Å². The summed E-state index contributed by atoms with van der Waals surface area (Å²) in [5.41, 5.74) is 10.0. The van der Waals surface area contributed by atoms with Crippen molar-refractivity contribution >= 4 is 44.5 Å². The Labute approximate surface area is 127 Å². The minimum atomic E-state index is 0.405. The van der Waals surface area contributed by atoms with Gasteiger partial charge in [0.2, 0.25) is 0 Å². The molecule has 0 atom stereocenters. The third kappa shape index (κ3) is 2.96. The van der Waals surface area contributed by atoms with E-state index in [4.69, 9.17) is 18.0 Å². The maximum Gasteiger partial charge on any atom is 0.106 e. The first-order valence-electron chi connectivity index (χ1n) is 5.89. The fraction of sp³-hybridized carbons (Fsp3) is 0.133. The molecule has 2 N–H and O–H groups in total. The van der Waals surface area contributed by atoms with E-state index in [0.717, 1.165) is 21.4 Å². The monoisotopic (exact) mass is 334 g/mol. The molecule has 0 spiro atoms. The van der Waals surface area contributed by atoms with Crippen molar-refractivity contribution in [2.24, 2.45) is 5.73 Å². The van der Waals surface area contributed by atoms with Crippen molar-refractivity contribution in [3.8, 4) is 0 Å². The van der Waals surface area contributed by atoms with Crippen LogP contribution in [0.1, 0.15) is 11.1 Å². The Kier molecular flexibility index (Phi) is 4.22. The van der Waals surface area contributed by atoms with Crippen LogP contribution in [0.2, 0.25) is 0 Å². The summed E-state index contributed by atoms with van der Waals surface area (Å²) in [6.07, 6.45) is 0. The van der Waals surface area contributed by atoms with E-state index in [1.807, 2.05) is 37.4 Å². The lowest BCUT2D eigenvalue weighted by Crippen LogP contribution is -2.18. The summed E-state index contributed by atoms with van der Waals surface area (Å²) in [6, 6.07) is 14.1. The number of para-hydroxylation sites is 1. The summed E-state index contributed by atoms with van der Waals surface area (Å²) in [6.45, 7) is 2.09. The number of hydrogen-bond acceptors (Lipinski definition) is 2. The van der Waals surface area contributed by atoms with Crippen LogP contribution < -0.4 is 10.6 Å². The summed E-state index contributed by atoms with van der Waals surface area (Å²) in [5, 5.41) is 0. The number of nitrogens with two attached hydrogens (primary N) is 1. The Hall–Kier alpha value is -1.39. The van der Waals surface area contributed by atoms with Gasteiger partial charge in [-0.3, -0.25) is 0 Å². The molecule has 0 aliphatic carbocycles. The maximum atomic E-state index is 5.81. The van der Waals surface area contributed by atoms with Crippen molar-refractivity contribution in [1.82, 2.24) is 0 Å². The van der Waals surface area contributed by atoms with Crippen LogP contribution in [-0.2, 0) is 0 Å². The molecule has 2 aromatic rings. The van der Waals surface area contributed by atoms with Gasteiger partial charge in [-0.25, -0.2) is 0 Å². The molecule has 0 aliphatic heterocycles. The van der Waals surface area contributed by atoms with E-state index >= 15 is 0 Å². The minimum absolute atomic E-state index is 0.405. The van der Waals surface area contributed by atoms with Crippen molar-refractivity contribution < 1.29 is 0 Å². The van der Waals surface area contributed by atoms with Crippen LogP contribution in [0.25, 0.3) is 0 Å². The van der Waals surface area contributed by atoms with E-state index in [9.17, 15) is 0 Å². The Bertz CT molecular complexity index is 625. The fourth-order valence-corrected chi connectivity index (χ4v) is 2.58. The second-order valence-electron chi connectivity index (χ2n) is 4.37. The summed E-state index contributed by atoms with van der Waals surface area (Å²) < 4.78 is 1.00. The van der Waals surface area contributed by atoms with Gasteiger partial charge in [0.25, 0.3) is 0 Å². The van der Waals surface area contributed by atoms with Gasteiger partial charge in [0, 0.05) is 22.8 Å². The third-order valence-electron chi connectivity index (χ3n) is 3.06. The summed E-state index contributed by atoms with van der Waals surface area (Å²) in [7, 11) is 2.02. The molecule has 0 bridgehead atoms. The van der Waals surface area contributed by atoms with Crippen LogP contribution in [0.15, 0.2) is 46.9 Å². The smallest absolute Gasteiger partial charge is 0.106 e. The first-order valence-corrected chi connectivity index (χ1v) is 7.09. The van der Waals surface area contributed by atoms with Crippen LogP contribution in [0.3, 0.4) is 0 Å². The highest BCUT2D eigenvalue weighted by Crippen LogP contribution is 2.31. The average molecular weight is 335 g/mol. The highest BCUT2D eigenvalue weighted by molar-refractivity contribution is 9.10. The Morgan fingerprint density at radius 1 is 1.16 bits per heavy atom. The fourth-order valence-electron chi connectivity index (χ4n) is 2.06. The number of anilines is 2. The quantitative estimate of drug-likeness (QED) is 0.854. The molecule has 19 heavy (non-hydrogen) atoms. The summed E-state index contributed by atoms with van der Waals surface area (Å²) in [4.78, 5) is 2.51. The third-order valence-corrected chi connectivity index (χ3v) is 3.78. The molecular formula is C15H15BrN2S. The normalized spacial score (nSPS) is 10.3.